The number of hydrogen-bond acceptors (Lipinski definition) is 1. The standard InChI is InChI=1S/C16H16F3N/c1-10-7-12(17)3-5-14(10)16(20-2)9-11-8-13(18)4-6-15(11)19/h3-8,16,20H,9H2,1-2H3. The molecule has 0 bridgehead atoms. The number of likely N-dealkylation sites (N-methyl/N-ethyl adjacent to an activating group) is 1. The Morgan fingerprint density at radius 2 is 1.65 bits per heavy atom. The number of rotatable bonds is 4. The van der Waals surface area contributed by atoms with Crippen LogP contribution in [-0.4, -0.2) is 7.05 Å². The van der Waals surface area contributed by atoms with E-state index in [0.717, 1.165) is 23.3 Å². The van der Waals surface area contributed by atoms with Gasteiger partial charge in [0.2, 0.25) is 0 Å². The molecule has 0 spiro atoms. The van der Waals surface area contributed by atoms with Gasteiger partial charge in [0.25, 0.3) is 0 Å². The Morgan fingerprint density at radius 1 is 1.00 bits per heavy atom. The maximum atomic E-state index is 13.7. The van der Waals surface area contributed by atoms with Crippen molar-refractivity contribution in [3.05, 3.63) is 70.5 Å². The number of nitrogens with one attached hydrogen (secondary N) is 1. The molecule has 1 N–H and O–H groups in total. The molecule has 20 heavy (non-hydrogen) atoms. The van der Waals surface area contributed by atoms with E-state index in [1.807, 2.05) is 0 Å². The van der Waals surface area contributed by atoms with Crippen LogP contribution in [0.15, 0.2) is 36.4 Å². The van der Waals surface area contributed by atoms with Crippen molar-refractivity contribution in [2.75, 3.05) is 7.05 Å². The molecule has 106 valence electrons. The van der Waals surface area contributed by atoms with Crippen LogP contribution in [0.2, 0.25) is 0 Å². The van der Waals surface area contributed by atoms with E-state index in [0.29, 0.717) is 12.0 Å². The van der Waals surface area contributed by atoms with Gasteiger partial charge in [0.05, 0.1) is 0 Å². The van der Waals surface area contributed by atoms with E-state index < -0.39 is 11.6 Å². The Bertz CT molecular complexity index is 611. The van der Waals surface area contributed by atoms with E-state index in [-0.39, 0.29) is 11.9 Å². The van der Waals surface area contributed by atoms with Crippen LogP contribution in [0.1, 0.15) is 22.7 Å². The van der Waals surface area contributed by atoms with Gasteiger partial charge in [-0.15, -0.1) is 0 Å². The highest BCUT2D eigenvalue weighted by Gasteiger charge is 2.15. The summed E-state index contributed by atoms with van der Waals surface area (Å²) in [6.45, 7) is 1.80. The van der Waals surface area contributed by atoms with Gasteiger partial charge in [-0.1, -0.05) is 6.07 Å². The van der Waals surface area contributed by atoms with Gasteiger partial charge in [-0.25, -0.2) is 13.2 Å². The maximum Gasteiger partial charge on any atom is 0.126 e. The summed E-state index contributed by atoms with van der Waals surface area (Å²) in [6, 6.07) is 7.68. The second kappa shape index (κ2) is 6.09. The Hall–Kier alpha value is -1.81. The van der Waals surface area contributed by atoms with Crippen molar-refractivity contribution in [3.8, 4) is 0 Å². The largest absolute Gasteiger partial charge is 0.313 e. The van der Waals surface area contributed by atoms with Gasteiger partial charge >= 0.3 is 0 Å². The summed E-state index contributed by atoms with van der Waals surface area (Å²) in [7, 11) is 1.74. The minimum Gasteiger partial charge on any atom is -0.313 e. The SMILES string of the molecule is CNC(Cc1cc(F)ccc1F)c1ccc(F)cc1C. The zero-order chi connectivity index (χ0) is 14.7. The van der Waals surface area contributed by atoms with Crippen molar-refractivity contribution in [1.29, 1.82) is 0 Å². The molecule has 2 aromatic carbocycles. The van der Waals surface area contributed by atoms with Crippen molar-refractivity contribution >= 4 is 0 Å². The average molecular weight is 279 g/mol. The summed E-state index contributed by atoms with van der Waals surface area (Å²) in [6.07, 6.45) is 0.298. The molecule has 0 aliphatic heterocycles. The molecule has 0 radical (unpaired) electrons. The summed E-state index contributed by atoms with van der Waals surface area (Å²) in [5.74, 6) is -1.21. The molecule has 1 atom stereocenters. The van der Waals surface area contributed by atoms with E-state index in [2.05, 4.69) is 5.32 Å². The van der Waals surface area contributed by atoms with Gasteiger partial charge in [-0.2, -0.15) is 0 Å². The topological polar surface area (TPSA) is 12.0 Å². The molecule has 0 amide bonds. The van der Waals surface area contributed by atoms with E-state index in [1.165, 1.54) is 18.2 Å². The molecule has 0 fully saturated rings. The first-order chi connectivity index (χ1) is 9.51. The van der Waals surface area contributed by atoms with E-state index >= 15 is 0 Å². The van der Waals surface area contributed by atoms with Crippen LogP contribution in [0, 0.1) is 24.4 Å². The third-order valence-corrected chi connectivity index (χ3v) is 3.39. The molecular weight excluding hydrogens is 263 g/mol. The van der Waals surface area contributed by atoms with Crippen LogP contribution in [0.5, 0.6) is 0 Å². The molecule has 0 aliphatic rings. The van der Waals surface area contributed by atoms with Gasteiger partial charge < -0.3 is 5.32 Å². The summed E-state index contributed by atoms with van der Waals surface area (Å²) >= 11 is 0. The number of hydrogen-bond donors (Lipinski definition) is 1. The highest BCUT2D eigenvalue weighted by atomic mass is 19.1. The van der Waals surface area contributed by atoms with Crippen LogP contribution < -0.4 is 5.32 Å². The van der Waals surface area contributed by atoms with Gasteiger partial charge in [-0.05, 0) is 67.4 Å². The monoisotopic (exact) mass is 279 g/mol. The summed E-state index contributed by atoms with van der Waals surface area (Å²) < 4.78 is 40.0. The fourth-order valence-electron chi connectivity index (χ4n) is 2.32. The van der Waals surface area contributed by atoms with Crippen LogP contribution >= 0.6 is 0 Å². The van der Waals surface area contributed by atoms with Gasteiger partial charge in [0.15, 0.2) is 0 Å². The summed E-state index contributed by atoms with van der Waals surface area (Å²) in [4.78, 5) is 0. The Labute approximate surface area is 116 Å². The number of halogens is 3. The lowest BCUT2D eigenvalue weighted by Crippen LogP contribution is -2.20. The Balaban J connectivity index is 2.31. The average Bonchev–Trinajstić information content (AvgIpc) is 2.40. The lowest BCUT2D eigenvalue weighted by atomic mass is 9.95. The first-order valence-electron chi connectivity index (χ1n) is 6.38. The van der Waals surface area contributed by atoms with E-state index in [4.69, 9.17) is 0 Å². The Morgan fingerprint density at radius 3 is 2.30 bits per heavy atom. The van der Waals surface area contributed by atoms with Gasteiger partial charge in [0.1, 0.15) is 17.5 Å². The molecular formula is C16H16F3N. The zero-order valence-electron chi connectivity index (χ0n) is 11.4. The quantitative estimate of drug-likeness (QED) is 0.894. The predicted molar refractivity (Wildman–Crippen MR) is 73.0 cm³/mol. The number of benzene rings is 2. The van der Waals surface area contributed by atoms with E-state index in [9.17, 15) is 13.2 Å². The molecule has 1 unspecified atom stereocenters. The molecule has 0 heterocycles. The molecule has 0 saturated heterocycles. The van der Waals surface area contributed by atoms with Crippen molar-refractivity contribution in [3.63, 3.8) is 0 Å². The normalized spacial score (nSPS) is 12.4. The van der Waals surface area contributed by atoms with Crippen LogP contribution in [0.3, 0.4) is 0 Å². The predicted octanol–water partition coefficient (Wildman–Crippen LogP) is 3.92. The Kier molecular flexibility index (Phi) is 4.45. The molecule has 2 aromatic rings. The lowest BCUT2D eigenvalue weighted by Gasteiger charge is -2.19. The van der Waals surface area contributed by atoms with Crippen LogP contribution in [-0.2, 0) is 6.42 Å². The van der Waals surface area contributed by atoms with Crippen LogP contribution in [0.4, 0.5) is 13.2 Å². The minimum absolute atomic E-state index is 0.202. The number of aryl methyl sites for hydroxylation is 1. The lowest BCUT2D eigenvalue weighted by molar-refractivity contribution is 0.541. The second-order valence-electron chi connectivity index (χ2n) is 4.78. The zero-order valence-corrected chi connectivity index (χ0v) is 11.4. The van der Waals surface area contributed by atoms with Crippen LogP contribution in [0.25, 0.3) is 0 Å². The fourth-order valence-corrected chi connectivity index (χ4v) is 2.32. The smallest absolute Gasteiger partial charge is 0.126 e. The van der Waals surface area contributed by atoms with Gasteiger partial charge in [0, 0.05) is 6.04 Å². The highest BCUT2D eigenvalue weighted by molar-refractivity contribution is 5.31. The second-order valence-corrected chi connectivity index (χ2v) is 4.78. The molecule has 0 aromatic heterocycles. The molecule has 0 aliphatic carbocycles. The minimum atomic E-state index is -0.466. The van der Waals surface area contributed by atoms with Crippen molar-refractivity contribution < 1.29 is 13.2 Å². The first kappa shape index (κ1) is 14.6. The van der Waals surface area contributed by atoms with Crippen molar-refractivity contribution in [1.82, 2.24) is 5.32 Å². The highest BCUT2D eigenvalue weighted by Crippen LogP contribution is 2.24. The third-order valence-electron chi connectivity index (χ3n) is 3.39. The maximum absolute atomic E-state index is 13.7. The molecule has 2 rings (SSSR count). The summed E-state index contributed by atoms with van der Waals surface area (Å²) in [5.41, 5.74) is 1.95. The fraction of sp³-hybridized carbons (Fsp3) is 0.250. The molecule has 4 heteroatoms. The van der Waals surface area contributed by atoms with Crippen molar-refractivity contribution in [2.45, 2.75) is 19.4 Å². The van der Waals surface area contributed by atoms with E-state index in [1.54, 1.807) is 20.0 Å². The van der Waals surface area contributed by atoms with Crippen molar-refractivity contribution in [2.24, 2.45) is 0 Å². The van der Waals surface area contributed by atoms with Gasteiger partial charge in [-0.3, -0.25) is 0 Å². The third kappa shape index (κ3) is 3.20. The summed E-state index contributed by atoms with van der Waals surface area (Å²) in [5, 5.41) is 3.06. The first-order valence-corrected chi connectivity index (χ1v) is 6.38. The molecule has 1 nitrogen and oxygen atoms in total. The molecule has 0 saturated carbocycles.